The molecule has 0 aliphatic carbocycles. The molecule has 156 valence electrons. The lowest BCUT2D eigenvalue weighted by atomic mass is 10.1. The molecule has 0 spiro atoms. The zero-order valence-electron chi connectivity index (χ0n) is 16.7. The van der Waals surface area contributed by atoms with Crippen molar-refractivity contribution >= 4 is 44.2 Å². The van der Waals surface area contributed by atoms with Crippen molar-refractivity contribution in [2.24, 2.45) is 0 Å². The number of benzene rings is 3. The number of carbonyl (C=O) groups is 1. The summed E-state index contributed by atoms with van der Waals surface area (Å²) in [5.41, 5.74) is 1.68. The summed E-state index contributed by atoms with van der Waals surface area (Å²) in [5, 5.41) is 1.14. The summed E-state index contributed by atoms with van der Waals surface area (Å²) >= 11 is 7.77. The molecule has 1 aliphatic rings. The van der Waals surface area contributed by atoms with Crippen LogP contribution in [0.1, 0.15) is 12.5 Å². The van der Waals surface area contributed by atoms with Gasteiger partial charge >= 0.3 is 0 Å². The van der Waals surface area contributed by atoms with Crippen molar-refractivity contribution in [2.75, 3.05) is 4.90 Å². The fourth-order valence-corrected chi connectivity index (χ4v) is 4.84. The predicted molar refractivity (Wildman–Crippen MR) is 123 cm³/mol. The van der Waals surface area contributed by atoms with E-state index in [1.165, 1.54) is 11.3 Å². The van der Waals surface area contributed by atoms with Gasteiger partial charge < -0.3 is 9.47 Å². The molecule has 0 N–H and O–H groups in total. The van der Waals surface area contributed by atoms with Crippen molar-refractivity contribution in [3.63, 3.8) is 0 Å². The van der Waals surface area contributed by atoms with E-state index < -0.39 is 12.2 Å². The van der Waals surface area contributed by atoms with Gasteiger partial charge in [-0.2, -0.15) is 0 Å². The number of hydrogen-bond acceptors (Lipinski definition) is 5. The highest BCUT2D eigenvalue weighted by atomic mass is 35.5. The number of carbonyl (C=O) groups excluding carboxylic acids is 1. The molecule has 2 heterocycles. The van der Waals surface area contributed by atoms with Crippen molar-refractivity contribution in [3.05, 3.63) is 83.4 Å². The molecular formula is C24H19ClN2O3S. The lowest BCUT2D eigenvalue weighted by Gasteiger charge is -2.33. The van der Waals surface area contributed by atoms with Gasteiger partial charge in [0.05, 0.1) is 16.3 Å². The van der Waals surface area contributed by atoms with Crippen LogP contribution >= 0.6 is 22.9 Å². The van der Waals surface area contributed by atoms with Crippen molar-refractivity contribution < 1.29 is 14.3 Å². The Morgan fingerprint density at radius 2 is 1.71 bits per heavy atom. The Balaban J connectivity index is 1.53. The third-order valence-corrected chi connectivity index (χ3v) is 6.47. The number of rotatable bonds is 4. The molecule has 0 saturated carbocycles. The van der Waals surface area contributed by atoms with Gasteiger partial charge in [0.15, 0.2) is 16.6 Å². The van der Waals surface area contributed by atoms with E-state index >= 15 is 0 Å². The van der Waals surface area contributed by atoms with Gasteiger partial charge in [0.2, 0.25) is 6.10 Å². The van der Waals surface area contributed by atoms with E-state index in [4.69, 9.17) is 21.1 Å². The highest BCUT2D eigenvalue weighted by Gasteiger charge is 2.38. The van der Waals surface area contributed by atoms with Gasteiger partial charge in [-0.1, -0.05) is 71.5 Å². The van der Waals surface area contributed by atoms with Crippen molar-refractivity contribution in [1.82, 2.24) is 4.98 Å². The quantitative estimate of drug-likeness (QED) is 0.399. The van der Waals surface area contributed by atoms with Gasteiger partial charge in [-0.05, 0) is 36.8 Å². The Hall–Kier alpha value is -3.09. The first-order valence-electron chi connectivity index (χ1n) is 9.93. The molecule has 0 radical (unpaired) electrons. The highest BCUT2D eigenvalue weighted by Crippen LogP contribution is 2.37. The number of hydrogen-bond donors (Lipinski definition) is 0. The van der Waals surface area contributed by atoms with Gasteiger partial charge in [0.1, 0.15) is 11.6 Å². The summed E-state index contributed by atoms with van der Waals surface area (Å²) in [4.78, 5) is 20.1. The van der Waals surface area contributed by atoms with Crippen LogP contribution in [0, 0.1) is 0 Å². The van der Waals surface area contributed by atoms with Gasteiger partial charge in [-0.15, -0.1) is 0 Å². The molecule has 2 atom stereocenters. The fourth-order valence-electron chi connectivity index (χ4n) is 3.57. The molecule has 0 bridgehead atoms. The molecule has 1 aliphatic heterocycles. The van der Waals surface area contributed by atoms with Crippen LogP contribution < -0.4 is 14.4 Å². The fraction of sp³-hybridized carbons (Fsp3) is 0.167. The molecule has 7 heteroatoms. The Morgan fingerprint density at radius 3 is 2.45 bits per heavy atom. The van der Waals surface area contributed by atoms with Gasteiger partial charge in [0, 0.05) is 0 Å². The van der Waals surface area contributed by atoms with Crippen LogP contribution in [0.25, 0.3) is 10.2 Å². The first-order chi connectivity index (χ1) is 15.1. The van der Waals surface area contributed by atoms with Gasteiger partial charge in [-0.25, -0.2) is 4.98 Å². The maximum atomic E-state index is 13.7. The number of nitrogens with zero attached hydrogens (tertiary/aromatic N) is 2. The second-order valence-electron chi connectivity index (χ2n) is 7.30. The topological polar surface area (TPSA) is 51.7 Å². The third-order valence-electron chi connectivity index (χ3n) is 5.12. The molecule has 5 nitrogen and oxygen atoms in total. The molecule has 0 fully saturated rings. The van der Waals surface area contributed by atoms with Crippen LogP contribution in [-0.2, 0) is 11.3 Å². The Kier molecular flexibility index (Phi) is 5.26. The molecule has 5 rings (SSSR count). The monoisotopic (exact) mass is 450 g/mol. The molecule has 1 amide bonds. The van der Waals surface area contributed by atoms with Crippen LogP contribution in [0.5, 0.6) is 11.5 Å². The summed E-state index contributed by atoms with van der Waals surface area (Å²) in [6.07, 6.45) is -1.24. The molecule has 1 aromatic heterocycles. The standard InChI is InChI=1S/C24H19ClN2O3S/c1-15-22(30-19-12-6-5-11-18(19)29-15)23(28)27(14-16-8-3-2-4-9-16)24-26-21-17(25)10-7-13-20(21)31-24/h2-13,15,22H,14H2,1H3. The molecule has 3 aromatic carbocycles. The van der Waals surface area contributed by atoms with E-state index in [1.54, 1.807) is 17.0 Å². The van der Waals surface area contributed by atoms with Gasteiger partial charge in [-0.3, -0.25) is 9.69 Å². The number of para-hydroxylation sites is 3. The third kappa shape index (κ3) is 3.84. The van der Waals surface area contributed by atoms with Crippen LogP contribution in [0.2, 0.25) is 5.02 Å². The highest BCUT2D eigenvalue weighted by molar-refractivity contribution is 7.22. The van der Waals surface area contributed by atoms with Crippen LogP contribution in [-0.4, -0.2) is 23.1 Å². The van der Waals surface area contributed by atoms with Crippen molar-refractivity contribution in [1.29, 1.82) is 0 Å². The van der Waals surface area contributed by atoms with Crippen LogP contribution in [0.3, 0.4) is 0 Å². The van der Waals surface area contributed by atoms with E-state index in [2.05, 4.69) is 4.98 Å². The molecular weight excluding hydrogens is 432 g/mol. The molecule has 0 saturated heterocycles. The molecule has 31 heavy (non-hydrogen) atoms. The van der Waals surface area contributed by atoms with E-state index in [-0.39, 0.29) is 5.91 Å². The predicted octanol–water partition coefficient (Wildman–Crippen LogP) is 5.71. The normalized spacial score (nSPS) is 17.5. The number of thiazole rings is 1. The maximum absolute atomic E-state index is 13.7. The summed E-state index contributed by atoms with van der Waals surface area (Å²) in [7, 11) is 0. The first kappa shape index (κ1) is 19.8. The zero-order chi connectivity index (χ0) is 21.4. The van der Waals surface area contributed by atoms with Gasteiger partial charge in [0.25, 0.3) is 5.91 Å². The number of anilines is 1. The Morgan fingerprint density at radius 1 is 1.00 bits per heavy atom. The van der Waals surface area contributed by atoms with E-state index in [0.717, 1.165) is 10.3 Å². The van der Waals surface area contributed by atoms with Crippen molar-refractivity contribution in [3.8, 4) is 11.5 Å². The number of fused-ring (bicyclic) bond motifs is 2. The van der Waals surface area contributed by atoms with E-state index in [1.807, 2.05) is 67.6 Å². The SMILES string of the molecule is CC1Oc2ccccc2OC1C(=O)N(Cc1ccccc1)c1nc2c(Cl)cccc2s1. The Bertz CT molecular complexity index is 1240. The zero-order valence-corrected chi connectivity index (χ0v) is 18.3. The van der Waals surface area contributed by atoms with Crippen LogP contribution in [0.15, 0.2) is 72.8 Å². The maximum Gasteiger partial charge on any atom is 0.274 e. The largest absolute Gasteiger partial charge is 0.482 e. The summed E-state index contributed by atoms with van der Waals surface area (Å²) in [6, 6.07) is 22.8. The van der Waals surface area contributed by atoms with Crippen molar-refractivity contribution in [2.45, 2.75) is 25.7 Å². The summed E-state index contributed by atoms with van der Waals surface area (Å²) in [5.74, 6) is 0.993. The number of aromatic nitrogens is 1. The summed E-state index contributed by atoms with van der Waals surface area (Å²) < 4.78 is 13.0. The Labute approximate surface area is 188 Å². The average Bonchev–Trinajstić information content (AvgIpc) is 3.23. The summed E-state index contributed by atoms with van der Waals surface area (Å²) in [6.45, 7) is 2.21. The lowest BCUT2D eigenvalue weighted by molar-refractivity contribution is -0.130. The number of amides is 1. The minimum atomic E-state index is -0.791. The average molecular weight is 451 g/mol. The number of ether oxygens (including phenoxy) is 2. The smallest absolute Gasteiger partial charge is 0.274 e. The number of halogens is 1. The lowest BCUT2D eigenvalue weighted by Crippen LogP contribution is -2.50. The first-order valence-corrected chi connectivity index (χ1v) is 11.1. The minimum Gasteiger partial charge on any atom is -0.482 e. The van der Waals surface area contributed by atoms with Crippen LogP contribution in [0.4, 0.5) is 5.13 Å². The second-order valence-corrected chi connectivity index (χ2v) is 8.72. The van der Waals surface area contributed by atoms with E-state index in [0.29, 0.717) is 33.7 Å². The van der Waals surface area contributed by atoms with E-state index in [9.17, 15) is 4.79 Å². The molecule has 4 aromatic rings. The molecule has 2 unspecified atom stereocenters. The second kappa shape index (κ2) is 8.21. The minimum absolute atomic E-state index is 0.207.